The molecule has 6 heteroatoms. The predicted molar refractivity (Wildman–Crippen MR) is 82.3 cm³/mol. The van der Waals surface area contributed by atoms with E-state index in [1.54, 1.807) is 13.0 Å². The van der Waals surface area contributed by atoms with Gasteiger partial charge in [-0.2, -0.15) is 0 Å². The zero-order chi connectivity index (χ0) is 16.0. The molecule has 0 aliphatic carbocycles. The van der Waals surface area contributed by atoms with Crippen LogP contribution in [0.1, 0.15) is 38.2 Å². The van der Waals surface area contributed by atoms with Crippen LogP contribution in [0.15, 0.2) is 24.4 Å². The van der Waals surface area contributed by atoms with E-state index in [9.17, 15) is 9.59 Å². The first-order valence-corrected chi connectivity index (χ1v) is 7.11. The highest BCUT2D eigenvalue weighted by atomic mass is 35.5. The van der Waals surface area contributed by atoms with Crippen LogP contribution in [0, 0.1) is 5.41 Å². The molecule has 0 aromatic carbocycles. The first-order valence-electron chi connectivity index (χ1n) is 6.73. The lowest BCUT2D eigenvalue weighted by atomic mass is 9.95. The standard InChI is InChI=1S/C15H21ClN2O3/c1-5-21-14(20)11(6-7-15(2,3)4)18-13(19)12-8-10(16)9-17-12/h6-9,11,17H,5H2,1-4H3,(H,18,19)/b7-6+. The monoisotopic (exact) mass is 312 g/mol. The lowest BCUT2D eigenvalue weighted by Gasteiger charge is -2.16. The molecule has 1 aromatic heterocycles. The Morgan fingerprint density at radius 2 is 2.14 bits per heavy atom. The maximum Gasteiger partial charge on any atom is 0.332 e. The van der Waals surface area contributed by atoms with E-state index in [1.807, 2.05) is 26.8 Å². The van der Waals surface area contributed by atoms with E-state index >= 15 is 0 Å². The van der Waals surface area contributed by atoms with Crippen LogP contribution in [0.2, 0.25) is 5.02 Å². The fraction of sp³-hybridized carbons (Fsp3) is 0.467. The van der Waals surface area contributed by atoms with Gasteiger partial charge in [0.05, 0.1) is 11.6 Å². The van der Waals surface area contributed by atoms with Gasteiger partial charge in [0.1, 0.15) is 11.7 Å². The Labute approximate surface area is 129 Å². The molecular formula is C15H21ClN2O3. The number of allylic oxidation sites excluding steroid dienone is 1. The summed E-state index contributed by atoms with van der Waals surface area (Å²) in [4.78, 5) is 26.7. The summed E-state index contributed by atoms with van der Waals surface area (Å²) in [6, 6.07) is 0.658. The highest BCUT2D eigenvalue weighted by molar-refractivity contribution is 6.31. The third-order valence-corrected chi connectivity index (χ3v) is 2.73. The molecule has 0 radical (unpaired) electrons. The molecule has 1 aromatic rings. The molecule has 0 aliphatic rings. The van der Waals surface area contributed by atoms with Crippen LogP contribution in [0.25, 0.3) is 0 Å². The van der Waals surface area contributed by atoms with Crippen LogP contribution in [-0.4, -0.2) is 29.5 Å². The van der Waals surface area contributed by atoms with Crippen molar-refractivity contribution in [1.82, 2.24) is 10.3 Å². The van der Waals surface area contributed by atoms with Crippen molar-refractivity contribution in [3.05, 3.63) is 35.1 Å². The minimum absolute atomic E-state index is 0.106. The number of H-pyrrole nitrogens is 1. The predicted octanol–water partition coefficient (Wildman–Crippen LogP) is 2.93. The number of halogens is 1. The van der Waals surface area contributed by atoms with Gasteiger partial charge in [0.2, 0.25) is 0 Å². The number of hydrogen-bond acceptors (Lipinski definition) is 3. The second-order valence-corrected chi connectivity index (χ2v) is 6.10. The largest absolute Gasteiger partial charge is 0.464 e. The second-order valence-electron chi connectivity index (χ2n) is 5.66. The fourth-order valence-corrected chi connectivity index (χ4v) is 1.68. The van der Waals surface area contributed by atoms with Crippen LogP contribution in [-0.2, 0) is 9.53 Å². The lowest BCUT2D eigenvalue weighted by molar-refractivity contribution is -0.144. The molecule has 5 nitrogen and oxygen atoms in total. The molecule has 0 saturated heterocycles. The molecule has 116 valence electrons. The average molecular weight is 313 g/mol. The van der Waals surface area contributed by atoms with Crippen molar-refractivity contribution >= 4 is 23.5 Å². The van der Waals surface area contributed by atoms with E-state index in [1.165, 1.54) is 12.3 Å². The van der Waals surface area contributed by atoms with Crippen LogP contribution < -0.4 is 5.32 Å². The lowest BCUT2D eigenvalue weighted by Crippen LogP contribution is -2.40. The summed E-state index contributed by atoms with van der Waals surface area (Å²) in [5.74, 6) is -0.914. The number of ether oxygens (including phenoxy) is 1. The third-order valence-electron chi connectivity index (χ3n) is 2.51. The molecule has 21 heavy (non-hydrogen) atoms. The van der Waals surface area contributed by atoms with Crippen LogP contribution >= 0.6 is 11.6 Å². The van der Waals surface area contributed by atoms with Crippen molar-refractivity contribution in [2.24, 2.45) is 5.41 Å². The first-order chi connectivity index (χ1) is 9.73. The smallest absolute Gasteiger partial charge is 0.332 e. The Morgan fingerprint density at radius 3 is 2.62 bits per heavy atom. The van der Waals surface area contributed by atoms with Gasteiger partial charge in [0.25, 0.3) is 5.91 Å². The highest BCUT2D eigenvalue weighted by Gasteiger charge is 2.21. The number of nitrogens with one attached hydrogen (secondary N) is 2. The van der Waals surface area contributed by atoms with E-state index in [0.29, 0.717) is 10.7 Å². The summed E-state index contributed by atoms with van der Waals surface area (Å²) >= 11 is 5.76. The molecule has 1 amide bonds. The number of amides is 1. The van der Waals surface area contributed by atoms with Crippen molar-refractivity contribution < 1.29 is 14.3 Å². The Kier molecular flexibility index (Phi) is 6.03. The SMILES string of the molecule is CCOC(=O)C(/C=C/C(C)(C)C)NC(=O)c1cc(Cl)c[nH]1. The van der Waals surface area contributed by atoms with Crippen molar-refractivity contribution in [1.29, 1.82) is 0 Å². The third kappa shape index (κ3) is 6.04. The topological polar surface area (TPSA) is 71.2 Å². The van der Waals surface area contributed by atoms with Crippen molar-refractivity contribution in [3.63, 3.8) is 0 Å². The number of hydrogen-bond donors (Lipinski definition) is 2. The molecule has 0 spiro atoms. The first kappa shape index (κ1) is 17.3. The van der Waals surface area contributed by atoms with Crippen LogP contribution in [0.5, 0.6) is 0 Å². The van der Waals surface area contributed by atoms with Gasteiger partial charge in [-0.05, 0) is 18.4 Å². The van der Waals surface area contributed by atoms with Gasteiger partial charge in [-0.1, -0.05) is 44.5 Å². The Morgan fingerprint density at radius 1 is 1.48 bits per heavy atom. The van der Waals surface area contributed by atoms with E-state index < -0.39 is 17.9 Å². The molecular weight excluding hydrogens is 292 g/mol. The van der Waals surface area contributed by atoms with Crippen molar-refractivity contribution in [2.75, 3.05) is 6.61 Å². The summed E-state index contributed by atoms with van der Waals surface area (Å²) < 4.78 is 4.97. The number of carbonyl (C=O) groups is 2. The fourth-order valence-electron chi connectivity index (χ4n) is 1.52. The Bertz CT molecular complexity index is 529. The number of esters is 1. The summed E-state index contributed by atoms with van der Waals surface area (Å²) in [7, 11) is 0. The quantitative estimate of drug-likeness (QED) is 0.648. The number of rotatable bonds is 5. The summed E-state index contributed by atoms with van der Waals surface area (Å²) in [6.45, 7) is 7.97. The van der Waals surface area contributed by atoms with E-state index in [2.05, 4.69) is 10.3 Å². The zero-order valence-corrected chi connectivity index (χ0v) is 13.5. The molecule has 2 N–H and O–H groups in total. The number of aromatic amines is 1. The van der Waals surface area contributed by atoms with Gasteiger partial charge >= 0.3 is 5.97 Å². The van der Waals surface area contributed by atoms with Crippen molar-refractivity contribution in [2.45, 2.75) is 33.7 Å². The van der Waals surface area contributed by atoms with Gasteiger partial charge in [0, 0.05) is 6.20 Å². The molecule has 0 aliphatic heterocycles. The van der Waals surface area contributed by atoms with Crippen LogP contribution in [0.4, 0.5) is 0 Å². The van der Waals surface area contributed by atoms with Gasteiger partial charge in [-0.25, -0.2) is 4.79 Å². The molecule has 1 unspecified atom stereocenters. The average Bonchev–Trinajstić information content (AvgIpc) is 2.80. The maximum absolute atomic E-state index is 12.1. The van der Waals surface area contributed by atoms with Crippen LogP contribution in [0.3, 0.4) is 0 Å². The van der Waals surface area contributed by atoms with E-state index in [4.69, 9.17) is 16.3 Å². The minimum Gasteiger partial charge on any atom is -0.464 e. The minimum atomic E-state index is -0.834. The summed E-state index contributed by atoms with van der Waals surface area (Å²) in [5, 5.41) is 3.04. The molecule has 1 atom stereocenters. The Hall–Kier alpha value is -1.75. The number of aromatic nitrogens is 1. The number of carbonyl (C=O) groups excluding carboxylic acids is 2. The maximum atomic E-state index is 12.1. The molecule has 1 rings (SSSR count). The van der Waals surface area contributed by atoms with E-state index in [-0.39, 0.29) is 12.0 Å². The molecule has 1 heterocycles. The molecule has 0 saturated carbocycles. The molecule has 0 bridgehead atoms. The Balaban J connectivity index is 2.84. The summed E-state index contributed by atoms with van der Waals surface area (Å²) in [5.41, 5.74) is 0.184. The second kappa shape index (κ2) is 7.31. The van der Waals surface area contributed by atoms with Crippen molar-refractivity contribution in [3.8, 4) is 0 Å². The highest BCUT2D eigenvalue weighted by Crippen LogP contribution is 2.15. The summed E-state index contributed by atoms with van der Waals surface area (Å²) in [6.07, 6.45) is 5.00. The van der Waals surface area contributed by atoms with Gasteiger partial charge < -0.3 is 15.0 Å². The van der Waals surface area contributed by atoms with Gasteiger partial charge in [0.15, 0.2) is 0 Å². The zero-order valence-electron chi connectivity index (χ0n) is 12.7. The van der Waals surface area contributed by atoms with E-state index in [0.717, 1.165) is 0 Å². The molecule has 0 fully saturated rings. The van der Waals surface area contributed by atoms with Gasteiger partial charge in [-0.15, -0.1) is 0 Å². The normalized spacial score (nSPS) is 13.2. The van der Waals surface area contributed by atoms with Gasteiger partial charge in [-0.3, -0.25) is 4.79 Å².